The average molecular weight is 297 g/mol. The SMILES string of the molecule is C/C=C\CC1=C(C)C2CN(C)CC(C)N2c2cccnc2C1. The van der Waals surface area contributed by atoms with Crippen molar-refractivity contribution in [1.29, 1.82) is 0 Å². The molecular weight excluding hydrogens is 270 g/mol. The molecule has 0 radical (unpaired) electrons. The van der Waals surface area contributed by atoms with Crippen LogP contribution in [0.4, 0.5) is 5.69 Å². The molecule has 0 N–H and O–H groups in total. The summed E-state index contributed by atoms with van der Waals surface area (Å²) in [5, 5.41) is 0. The van der Waals surface area contributed by atoms with Gasteiger partial charge in [-0.05, 0) is 51.9 Å². The van der Waals surface area contributed by atoms with Crippen molar-refractivity contribution < 1.29 is 0 Å². The molecule has 118 valence electrons. The Morgan fingerprint density at radius 2 is 2.18 bits per heavy atom. The van der Waals surface area contributed by atoms with Crippen LogP contribution in [-0.2, 0) is 6.42 Å². The molecule has 0 spiro atoms. The van der Waals surface area contributed by atoms with Gasteiger partial charge in [-0.3, -0.25) is 4.98 Å². The molecule has 3 rings (SSSR count). The van der Waals surface area contributed by atoms with E-state index in [-0.39, 0.29) is 0 Å². The monoisotopic (exact) mass is 297 g/mol. The standard InChI is InChI=1S/C19H27N3/c1-5-6-8-16-11-17-18(9-7-10-20-17)22-14(2)12-21(4)13-19(22)15(16)3/h5-7,9-10,14,19H,8,11-13H2,1-4H3/b6-5-. The molecule has 0 saturated carbocycles. The Kier molecular flexibility index (Phi) is 4.34. The molecule has 22 heavy (non-hydrogen) atoms. The molecule has 3 heterocycles. The van der Waals surface area contributed by atoms with Crippen LogP contribution in [-0.4, -0.2) is 42.1 Å². The van der Waals surface area contributed by atoms with Gasteiger partial charge in [0.25, 0.3) is 0 Å². The second-order valence-corrected chi connectivity index (χ2v) is 6.70. The third-order valence-corrected chi connectivity index (χ3v) is 5.05. The molecule has 2 aliphatic rings. The first-order chi connectivity index (χ1) is 10.6. The molecule has 1 fully saturated rings. The number of anilines is 1. The number of likely N-dealkylation sites (N-methyl/N-ethyl adjacent to an activating group) is 1. The number of aromatic nitrogens is 1. The highest BCUT2D eigenvalue weighted by molar-refractivity contribution is 5.58. The Morgan fingerprint density at radius 1 is 1.36 bits per heavy atom. The summed E-state index contributed by atoms with van der Waals surface area (Å²) in [6.45, 7) is 8.98. The van der Waals surface area contributed by atoms with Crippen LogP contribution in [0.2, 0.25) is 0 Å². The highest BCUT2D eigenvalue weighted by Gasteiger charge is 2.35. The summed E-state index contributed by atoms with van der Waals surface area (Å²) in [6.07, 6.45) is 8.38. The molecule has 2 aliphatic heterocycles. The zero-order chi connectivity index (χ0) is 15.7. The Hall–Kier alpha value is -1.61. The number of pyridine rings is 1. The van der Waals surface area contributed by atoms with Crippen molar-refractivity contribution in [1.82, 2.24) is 9.88 Å². The first-order valence-electron chi connectivity index (χ1n) is 8.32. The van der Waals surface area contributed by atoms with E-state index in [9.17, 15) is 0 Å². The van der Waals surface area contributed by atoms with Crippen molar-refractivity contribution in [2.45, 2.75) is 45.7 Å². The van der Waals surface area contributed by atoms with E-state index in [4.69, 9.17) is 4.98 Å². The molecule has 0 aromatic carbocycles. The van der Waals surface area contributed by atoms with Crippen LogP contribution in [0.1, 0.15) is 32.9 Å². The highest BCUT2D eigenvalue weighted by atomic mass is 15.3. The zero-order valence-corrected chi connectivity index (χ0v) is 14.2. The molecule has 1 aromatic rings. The van der Waals surface area contributed by atoms with Gasteiger partial charge >= 0.3 is 0 Å². The van der Waals surface area contributed by atoms with Gasteiger partial charge in [-0.15, -0.1) is 0 Å². The van der Waals surface area contributed by atoms with Gasteiger partial charge in [0.1, 0.15) is 0 Å². The predicted octanol–water partition coefficient (Wildman–Crippen LogP) is 3.43. The van der Waals surface area contributed by atoms with Crippen molar-refractivity contribution in [2.75, 3.05) is 25.0 Å². The zero-order valence-electron chi connectivity index (χ0n) is 14.2. The Balaban J connectivity index is 2.09. The number of allylic oxidation sites excluding steroid dienone is 3. The van der Waals surface area contributed by atoms with E-state index < -0.39 is 0 Å². The number of piperazine rings is 1. The second kappa shape index (κ2) is 6.25. The molecule has 0 bridgehead atoms. The van der Waals surface area contributed by atoms with E-state index in [2.05, 4.69) is 61.9 Å². The minimum absolute atomic E-state index is 0.472. The largest absolute Gasteiger partial charge is 0.358 e. The summed E-state index contributed by atoms with van der Waals surface area (Å²) in [4.78, 5) is 9.78. The molecule has 1 saturated heterocycles. The molecule has 2 unspecified atom stereocenters. The van der Waals surface area contributed by atoms with E-state index in [1.165, 1.54) is 22.5 Å². The first kappa shape index (κ1) is 15.3. The number of hydrogen-bond acceptors (Lipinski definition) is 3. The fraction of sp³-hybridized carbons (Fsp3) is 0.526. The lowest BCUT2D eigenvalue weighted by molar-refractivity contribution is 0.246. The van der Waals surface area contributed by atoms with Crippen LogP contribution in [0.25, 0.3) is 0 Å². The third-order valence-electron chi connectivity index (χ3n) is 5.05. The number of fused-ring (bicyclic) bond motifs is 3. The van der Waals surface area contributed by atoms with E-state index in [0.717, 1.165) is 25.9 Å². The predicted molar refractivity (Wildman–Crippen MR) is 93.3 cm³/mol. The van der Waals surface area contributed by atoms with Gasteiger partial charge in [-0.25, -0.2) is 0 Å². The summed E-state index contributed by atoms with van der Waals surface area (Å²) >= 11 is 0. The van der Waals surface area contributed by atoms with E-state index in [1.54, 1.807) is 0 Å². The highest BCUT2D eigenvalue weighted by Crippen LogP contribution is 2.36. The van der Waals surface area contributed by atoms with Gasteiger partial charge in [-0.2, -0.15) is 0 Å². The average Bonchev–Trinajstić information content (AvgIpc) is 2.61. The van der Waals surface area contributed by atoms with Crippen molar-refractivity contribution in [3.05, 3.63) is 47.3 Å². The quantitative estimate of drug-likeness (QED) is 0.780. The maximum absolute atomic E-state index is 4.70. The summed E-state index contributed by atoms with van der Waals surface area (Å²) in [6, 6.07) is 5.32. The minimum atomic E-state index is 0.472. The molecule has 2 atom stereocenters. The lowest BCUT2D eigenvalue weighted by Gasteiger charge is -2.46. The van der Waals surface area contributed by atoms with Crippen molar-refractivity contribution in [3.63, 3.8) is 0 Å². The molecule has 1 aromatic heterocycles. The van der Waals surface area contributed by atoms with E-state index in [0.29, 0.717) is 12.1 Å². The van der Waals surface area contributed by atoms with Crippen molar-refractivity contribution >= 4 is 5.69 Å². The lowest BCUT2D eigenvalue weighted by Crippen LogP contribution is -2.57. The van der Waals surface area contributed by atoms with E-state index in [1.807, 2.05) is 6.20 Å². The lowest BCUT2D eigenvalue weighted by atomic mass is 9.95. The van der Waals surface area contributed by atoms with Crippen LogP contribution in [0.15, 0.2) is 41.6 Å². The van der Waals surface area contributed by atoms with Crippen LogP contribution in [0.5, 0.6) is 0 Å². The van der Waals surface area contributed by atoms with Gasteiger partial charge < -0.3 is 9.80 Å². The minimum Gasteiger partial charge on any atom is -0.358 e. The summed E-state index contributed by atoms with van der Waals surface area (Å²) < 4.78 is 0. The maximum Gasteiger partial charge on any atom is 0.0677 e. The van der Waals surface area contributed by atoms with Crippen LogP contribution >= 0.6 is 0 Å². The van der Waals surface area contributed by atoms with Gasteiger partial charge in [0.15, 0.2) is 0 Å². The van der Waals surface area contributed by atoms with Gasteiger partial charge in [0, 0.05) is 31.7 Å². The molecule has 0 aliphatic carbocycles. The first-order valence-corrected chi connectivity index (χ1v) is 8.32. The number of hydrogen-bond donors (Lipinski definition) is 0. The molecule has 3 nitrogen and oxygen atoms in total. The fourth-order valence-electron chi connectivity index (χ4n) is 3.93. The Morgan fingerprint density at radius 3 is 2.95 bits per heavy atom. The Bertz CT molecular complexity index is 602. The van der Waals surface area contributed by atoms with Gasteiger partial charge in [-0.1, -0.05) is 17.7 Å². The maximum atomic E-state index is 4.70. The van der Waals surface area contributed by atoms with Gasteiger partial charge in [0.2, 0.25) is 0 Å². The molecular formula is C19H27N3. The third kappa shape index (κ3) is 2.70. The normalized spacial score (nSPS) is 26.1. The van der Waals surface area contributed by atoms with E-state index >= 15 is 0 Å². The number of nitrogens with zero attached hydrogens (tertiary/aromatic N) is 3. The molecule has 0 amide bonds. The van der Waals surface area contributed by atoms with Crippen molar-refractivity contribution in [3.8, 4) is 0 Å². The fourth-order valence-corrected chi connectivity index (χ4v) is 3.93. The summed E-state index contributed by atoms with van der Waals surface area (Å²) in [5.74, 6) is 0. The van der Waals surface area contributed by atoms with Crippen molar-refractivity contribution in [2.24, 2.45) is 0 Å². The smallest absolute Gasteiger partial charge is 0.0677 e. The van der Waals surface area contributed by atoms with Gasteiger partial charge in [0.05, 0.1) is 17.4 Å². The summed E-state index contributed by atoms with van der Waals surface area (Å²) in [5.41, 5.74) is 5.64. The second-order valence-electron chi connectivity index (χ2n) is 6.70. The molecule has 3 heteroatoms. The van der Waals surface area contributed by atoms with Crippen LogP contribution in [0, 0.1) is 0 Å². The topological polar surface area (TPSA) is 19.4 Å². The Labute approximate surface area is 134 Å². The van der Waals surface area contributed by atoms with Crippen LogP contribution < -0.4 is 4.90 Å². The summed E-state index contributed by atoms with van der Waals surface area (Å²) in [7, 11) is 2.24. The number of rotatable bonds is 2. The van der Waals surface area contributed by atoms with Crippen LogP contribution in [0.3, 0.4) is 0 Å².